The summed E-state index contributed by atoms with van der Waals surface area (Å²) < 4.78 is 22.9. The van der Waals surface area contributed by atoms with Crippen LogP contribution < -0.4 is 5.14 Å². The summed E-state index contributed by atoms with van der Waals surface area (Å²) in [5, 5.41) is 7.82. The summed E-state index contributed by atoms with van der Waals surface area (Å²) in [6.45, 7) is 0. The lowest BCUT2D eigenvalue weighted by molar-refractivity contribution is 0.597. The van der Waals surface area contributed by atoms with Crippen LogP contribution in [0.5, 0.6) is 0 Å². The summed E-state index contributed by atoms with van der Waals surface area (Å²) >= 11 is 1.53. The molecule has 0 radical (unpaired) electrons. The monoisotopic (exact) mass is 227 g/mol. The Labute approximate surface area is 86.2 Å². The van der Waals surface area contributed by atoms with Crippen LogP contribution in [0.3, 0.4) is 0 Å². The van der Waals surface area contributed by atoms with E-state index in [0.717, 1.165) is 15.6 Å². The molecule has 2 rings (SSSR count). The topological polar surface area (TPSA) is 60.2 Å². The van der Waals surface area contributed by atoms with E-state index in [1.807, 2.05) is 29.6 Å². The van der Waals surface area contributed by atoms with Crippen molar-refractivity contribution in [3.63, 3.8) is 0 Å². The molecule has 0 spiro atoms. The number of fused-ring (bicyclic) bond motifs is 1. The molecule has 1 heterocycles. The Morgan fingerprint density at radius 1 is 1.29 bits per heavy atom. The predicted molar refractivity (Wildman–Crippen MR) is 58.6 cm³/mol. The Kier molecular flexibility index (Phi) is 2.30. The van der Waals surface area contributed by atoms with Crippen molar-refractivity contribution in [3.05, 3.63) is 35.2 Å². The number of sulfonamides is 1. The van der Waals surface area contributed by atoms with Gasteiger partial charge in [0.05, 0.1) is 5.75 Å². The van der Waals surface area contributed by atoms with Crippen LogP contribution in [-0.4, -0.2) is 8.42 Å². The molecule has 0 saturated heterocycles. The van der Waals surface area contributed by atoms with E-state index >= 15 is 0 Å². The molecule has 0 saturated carbocycles. The molecule has 0 unspecified atom stereocenters. The normalized spacial score (nSPS) is 12.1. The molecule has 2 N–H and O–H groups in total. The molecule has 0 fully saturated rings. The van der Waals surface area contributed by atoms with Gasteiger partial charge in [-0.25, -0.2) is 13.6 Å². The molecule has 0 amide bonds. The Bertz CT molecular complexity index is 557. The second kappa shape index (κ2) is 3.34. The standard InChI is InChI=1S/C9H9NO2S2/c10-14(11,12)6-7-5-13-9-4-2-1-3-8(7)9/h1-5H,6H2,(H2,10,11,12). The minimum absolute atomic E-state index is 0.0863. The van der Waals surface area contributed by atoms with Crippen LogP contribution in [0.25, 0.3) is 10.1 Å². The smallest absolute Gasteiger partial charge is 0.213 e. The second-order valence-electron chi connectivity index (χ2n) is 3.06. The molecule has 74 valence electrons. The SMILES string of the molecule is NS(=O)(=O)Cc1csc2ccccc12. The van der Waals surface area contributed by atoms with Crippen molar-refractivity contribution in [3.8, 4) is 0 Å². The molecule has 0 aliphatic carbocycles. The fourth-order valence-corrected chi connectivity index (χ4v) is 3.10. The molecule has 14 heavy (non-hydrogen) atoms. The maximum Gasteiger partial charge on any atom is 0.213 e. The number of hydrogen-bond donors (Lipinski definition) is 1. The first-order valence-corrected chi connectivity index (χ1v) is 6.61. The van der Waals surface area contributed by atoms with Crippen molar-refractivity contribution in [2.24, 2.45) is 5.14 Å². The number of nitrogens with two attached hydrogens (primary N) is 1. The number of thiophene rings is 1. The molecule has 0 aliphatic heterocycles. The van der Waals surface area contributed by atoms with Crippen molar-refractivity contribution in [1.82, 2.24) is 0 Å². The highest BCUT2D eigenvalue weighted by Crippen LogP contribution is 2.26. The van der Waals surface area contributed by atoms with Gasteiger partial charge in [0.1, 0.15) is 0 Å². The highest BCUT2D eigenvalue weighted by molar-refractivity contribution is 7.88. The van der Waals surface area contributed by atoms with Gasteiger partial charge in [0.15, 0.2) is 0 Å². The summed E-state index contributed by atoms with van der Waals surface area (Å²) in [4.78, 5) is 0. The third kappa shape index (κ3) is 1.95. The third-order valence-corrected chi connectivity index (χ3v) is 3.64. The van der Waals surface area contributed by atoms with Crippen molar-refractivity contribution in [2.75, 3.05) is 0 Å². The van der Waals surface area contributed by atoms with Gasteiger partial charge in [-0.3, -0.25) is 0 Å². The zero-order valence-electron chi connectivity index (χ0n) is 7.30. The summed E-state index contributed by atoms with van der Waals surface area (Å²) in [5.74, 6) is -0.0863. The van der Waals surface area contributed by atoms with Crippen LogP contribution in [0.1, 0.15) is 5.56 Å². The van der Waals surface area contributed by atoms with Crippen molar-refractivity contribution >= 4 is 31.4 Å². The molecule has 1 aromatic carbocycles. The van der Waals surface area contributed by atoms with Gasteiger partial charge in [-0.1, -0.05) is 18.2 Å². The first kappa shape index (κ1) is 9.64. The largest absolute Gasteiger partial charge is 0.228 e. The Hall–Kier alpha value is -0.910. The van der Waals surface area contributed by atoms with Crippen LogP contribution in [-0.2, 0) is 15.8 Å². The van der Waals surface area contributed by atoms with E-state index in [1.54, 1.807) is 0 Å². The molecular weight excluding hydrogens is 218 g/mol. The Balaban J connectivity index is 2.54. The quantitative estimate of drug-likeness (QED) is 0.848. The van der Waals surface area contributed by atoms with Gasteiger partial charge >= 0.3 is 0 Å². The molecule has 1 aromatic heterocycles. The Morgan fingerprint density at radius 3 is 2.71 bits per heavy atom. The maximum atomic E-state index is 10.9. The van der Waals surface area contributed by atoms with E-state index in [2.05, 4.69) is 0 Å². The maximum absolute atomic E-state index is 10.9. The lowest BCUT2D eigenvalue weighted by atomic mass is 10.2. The number of primary sulfonamides is 1. The van der Waals surface area contributed by atoms with E-state index in [4.69, 9.17) is 5.14 Å². The van der Waals surface area contributed by atoms with Crippen LogP contribution in [0.4, 0.5) is 0 Å². The van der Waals surface area contributed by atoms with Gasteiger partial charge < -0.3 is 0 Å². The molecular formula is C9H9NO2S2. The van der Waals surface area contributed by atoms with Crippen LogP contribution in [0.15, 0.2) is 29.6 Å². The minimum atomic E-state index is -3.43. The van der Waals surface area contributed by atoms with E-state index in [1.165, 1.54) is 11.3 Å². The summed E-state index contributed by atoms with van der Waals surface area (Å²) in [5.41, 5.74) is 0.785. The number of rotatable bonds is 2. The lowest BCUT2D eigenvalue weighted by Crippen LogP contribution is -2.14. The third-order valence-electron chi connectivity index (χ3n) is 1.92. The van der Waals surface area contributed by atoms with E-state index in [0.29, 0.717) is 0 Å². The molecule has 0 atom stereocenters. The lowest BCUT2D eigenvalue weighted by Gasteiger charge is -1.96. The molecule has 5 heteroatoms. The average Bonchev–Trinajstić information content (AvgIpc) is 2.47. The molecule has 2 aromatic rings. The molecule has 0 bridgehead atoms. The Morgan fingerprint density at radius 2 is 2.00 bits per heavy atom. The molecule has 3 nitrogen and oxygen atoms in total. The van der Waals surface area contributed by atoms with Gasteiger partial charge in [0.2, 0.25) is 10.0 Å². The fourth-order valence-electron chi connectivity index (χ4n) is 1.36. The molecule has 0 aliphatic rings. The van der Waals surface area contributed by atoms with Gasteiger partial charge in [-0.15, -0.1) is 11.3 Å². The van der Waals surface area contributed by atoms with E-state index in [-0.39, 0.29) is 5.75 Å². The van der Waals surface area contributed by atoms with Crippen LogP contribution in [0.2, 0.25) is 0 Å². The van der Waals surface area contributed by atoms with E-state index in [9.17, 15) is 8.42 Å². The zero-order valence-corrected chi connectivity index (χ0v) is 8.94. The summed E-state index contributed by atoms with van der Waals surface area (Å²) in [7, 11) is -3.43. The minimum Gasteiger partial charge on any atom is -0.228 e. The number of hydrogen-bond acceptors (Lipinski definition) is 3. The van der Waals surface area contributed by atoms with Gasteiger partial charge in [0.25, 0.3) is 0 Å². The van der Waals surface area contributed by atoms with Gasteiger partial charge in [-0.05, 0) is 22.4 Å². The first-order valence-electron chi connectivity index (χ1n) is 4.02. The van der Waals surface area contributed by atoms with Crippen LogP contribution in [0, 0.1) is 0 Å². The highest BCUT2D eigenvalue weighted by Gasteiger charge is 2.09. The average molecular weight is 227 g/mol. The first-order chi connectivity index (χ1) is 6.56. The summed E-state index contributed by atoms with van der Waals surface area (Å²) in [6, 6.07) is 7.69. The van der Waals surface area contributed by atoms with Crippen molar-refractivity contribution in [2.45, 2.75) is 5.75 Å². The van der Waals surface area contributed by atoms with Crippen molar-refractivity contribution in [1.29, 1.82) is 0 Å². The summed E-state index contributed by atoms with van der Waals surface area (Å²) in [6.07, 6.45) is 0. The highest BCUT2D eigenvalue weighted by atomic mass is 32.2. The van der Waals surface area contributed by atoms with Gasteiger partial charge in [0, 0.05) is 4.70 Å². The van der Waals surface area contributed by atoms with Crippen LogP contribution >= 0.6 is 11.3 Å². The zero-order chi connectivity index (χ0) is 10.2. The second-order valence-corrected chi connectivity index (χ2v) is 5.59. The fraction of sp³-hybridized carbons (Fsp3) is 0.111. The van der Waals surface area contributed by atoms with Gasteiger partial charge in [-0.2, -0.15) is 0 Å². The van der Waals surface area contributed by atoms with E-state index < -0.39 is 10.0 Å². The predicted octanol–water partition coefficient (Wildman–Crippen LogP) is 1.69. The van der Waals surface area contributed by atoms with Crippen molar-refractivity contribution < 1.29 is 8.42 Å². The number of benzene rings is 1.